The predicted molar refractivity (Wildman–Crippen MR) is 287 cm³/mol. The molecule has 0 radical (unpaired) electrons. The number of hydrogen-bond acceptors (Lipinski definition) is 5. The van der Waals surface area contributed by atoms with Gasteiger partial charge in [-0.2, -0.15) is 0 Å². The van der Waals surface area contributed by atoms with E-state index < -0.39 is 18.2 Å². The predicted octanol–water partition coefficient (Wildman–Crippen LogP) is 16.7. The van der Waals surface area contributed by atoms with Gasteiger partial charge in [0.25, 0.3) is 0 Å². The lowest BCUT2D eigenvalue weighted by Gasteiger charge is -2.24. The number of carbonyl (C=O) groups is 2. The highest BCUT2D eigenvalue weighted by molar-refractivity contribution is 5.77. The molecule has 1 amide bonds. The van der Waals surface area contributed by atoms with Crippen LogP contribution in [-0.4, -0.2) is 46.9 Å². The van der Waals surface area contributed by atoms with E-state index in [2.05, 4.69) is 135 Å². The molecule has 3 atom stereocenters. The molecule has 376 valence electrons. The molecule has 6 nitrogen and oxygen atoms in total. The summed E-state index contributed by atoms with van der Waals surface area (Å²) in [6.45, 7) is 6.31. The average molecular weight is 916 g/mol. The van der Waals surface area contributed by atoms with Crippen molar-refractivity contribution in [1.82, 2.24) is 5.32 Å². The summed E-state index contributed by atoms with van der Waals surface area (Å²) < 4.78 is 5.89. The highest BCUT2D eigenvalue weighted by Gasteiger charge is 2.24. The van der Waals surface area contributed by atoms with Crippen molar-refractivity contribution in [3.63, 3.8) is 0 Å². The zero-order chi connectivity index (χ0) is 48.1. The molecule has 0 saturated heterocycles. The van der Waals surface area contributed by atoms with Crippen LogP contribution in [0.1, 0.15) is 233 Å². The molecule has 0 aromatic rings. The Kier molecular flexibility index (Phi) is 49.7. The quantitative estimate of drug-likeness (QED) is 0.0321. The largest absolute Gasteiger partial charge is 0.462 e. The number of allylic oxidation sites excluding steroid dienone is 18. The van der Waals surface area contributed by atoms with Crippen molar-refractivity contribution in [2.24, 2.45) is 0 Å². The van der Waals surface area contributed by atoms with Gasteiger partial charge in [-0.1, -0.05) is 226 Å². The zero-order valence-corrected chi connectivity index (χ0v) is 42.8. The van der Waals surface area contributed by atoms with Gasteiger partial charge < -0.3 is 20.3 Å². The van der Waals surface area contributed by atoms with Crippen LogP contribution in [-0.2, 0) is 14.3 Å². The van der Waals surface area contributed by atoms with E-state index in [1.54, 1.807) is 0 Å². The summed E-state index contributed by atoms with van der Waals surface area (Å²) in [5.41, 5.74) is 0. The molecule has 0 aromatic heterocycles. The summed E-state index contributed by atoms with van der Waals surface area (Å²) in [6, 6.07) is -0.738. The first-order valence-electron chi connectivity index (χ1n) is 27.1. The third kappa shape index (κ3) is 47.0. The maximum absolute atomic E-state index is 13.2. The molecule has 0 aliphatic heterocycles. The maximum atomic E-state index is 13.2. The van der Waals surface area contributed by atoms with Gasteiger partial charge in [0.05, 0.1) is 25.2 Å². The van der Waals surface area contributed by atoms with E-state index in [1.807, 2.05) is 0 Å². The van der Waals surface area contributed by atoms with Crippen LogP contribution >= 0.6 is 0 Å². The van der Waals surface area contributed by atoms with Crippen molar-refractivity contribution in [2.45, 2.75) is 251 Å². The van der Waals surface area contributed by atoms with Crippen LogP contribution < -0.4 is 5.32 Å². The number of esters is 1. The van der Waals surface area contributed by atoms with Crippen LogP contribution in [0.25, 0.3) is 0 Å². The Bertz CT molecular complexity index is 1350. The molecule has 0 aromatic carbocycles. The summed E-state index contributed by atoms with van der Waals surface area (Å²) in [7, 11) is 0. The Morgan fingerprint density at radius 2 is 0.833 bits per heavy atom. The number of hydrogen-bond donors (Lipinski definition) is 3. The molecule has 0 aliphatic carbocycles. The van der Waals surface area contributed by atoms with E-state index in [0.717, 1.165) is 89.9 Å². The van der Waals surface area contributed by atoms with Crippen LogP contribution in [0.2, 0.25) is 0 Å². The average Bonchev–Trinajstić information content (AvgIpc) is 3.31. The molecule has 6 heteroatoms. The fourth-order valence-electron chi connectivity index (χ4n) is 7.51. The molecule has 0 bridgehead atoms. The first-order chi connectivity index (χ1) is 32.5. The van der Waals surface area contributed by atoms with Crippen molar-refractivity contribution in [3.05, 3.63) is 109 Å². The molecule has 66 heavy (non-hydrogen) atoms. The van der Waals surface area contributed by atoms with Crippen molar-refractivity contribution in [2.75, 3.05) is 6.61 Å². The van der Waals surface area contributed by atoms with Gasteiger partial charge in [-0.15, -0.1) is 0 Å². The Balaban J connectivity index is 4.80. The fourth-order valence-corrected chi connectivity index (χ4v) is 7.51. The van der Waals surface area contributed by atoms with E-state index in [1.165, 1.54) is 89.9 Å². The van der Waals surface area contributed by atoms with Crippen LogP contribution in [0.5, 0.6) is 0 Å². The Labute approximate surface area is 407 Å². The first kappa shape index (κ1) is 62.5. The number of aliphatic hydroxyl groups is 2. The normalized spacial score (nSPS) is 14.1. The third-order valence-corrected chi connectivity index (χ3v) is 11.6. The van der Waals surface area contributed by atoms with Gasteiger partial charge in [0, 0.05) is 6.42 Å². The molecule has 0 spiro atoms. The van der Waals surface area contributed by atoms with Gasteiger partial charge in [-0.3, -0.25) is 9.59 Å². The number of rotatable bonds is 47. The SMILES string of the molecule is CC/C=C\C/C=C\C/C=C\C/C=C\C/C=C\CCCC(CC(=O)NC(CO)C(O)CCCCCCCCCCCCCCC)OC(=O)CCC/C=C\C/C=C\C/C=C\C/C=C\CCCCC. The first-order valence-corrected chi connectivity index (χ1v) is 27.1. The molecule has 3 N–H and O–H groups in total. The standard InChI is InChI=1S/C60H101NO5/c1-4-7-10-13-16-19-22-25-27-29-31-34-36-39-42-45-48-51-56(66-60(65)53-50-47-44-41-38-35-32-30-28-26-23-20-17-14-11-8-5-2)54-59(64)61-57(55-62)58(63)52-49-46-43-40-37-33-24-21-18-15-12-9-6-3/h7,10,16-17,19-20,25-28,31-32,34-35,39,41-42,44,56-58,62-63H,4-6,8-9,11-15,18,21-24,29-30,33,36-38,40,43,45-55H2,1-3H3,(H,61,64)/b10-7-,19-16-,20-17-,27-25-,28-26-,34-31-,35-32-,42-39-,44-41-. The summed E-state index contributed by atoms with van der Waals surface area (Å²) in [4.78, 5) is 26.2. The van der Waals surface area contributed by atoms with Crippen LogP contribution in [0.3, 0.4) is 0 Å². The van der Waals surface area contributed by atoms with Crippen LogP contribution in [0, 0.1) is 0 Å². The topological polar surface area (TPSA) is 95.9 Å². The highest BCUT2D eigenvalue weighted by Crippen LogP contribution is 2.16. The molecule has 3 unspecified atom stereocenters. The van der Waals surface area contributed by atoms with Crippen LogP contribution in [0.4, 0.5) is 0 Å². The molecule has 0 aliphatic rings. The second kappa shape index (κ2) is 52.5. The maximum Gasteiger partial charge on any atom is 0.306 e. The van der Waals surface area contributed by atoms with Crippen molar-refractivity contribution in [3.8, 4) is 0 Å². The van der Waals surface area contributed by atoms with E-state index in [9.17, 15) is 19.8 Å². The molecular weight excluding hydrogens is 815 g/mol. The Morgan fingerprint density at radius 3 is 1.27 bits per heavy atom. The summed E-state index contributed by atoms with van der Waals surface area (Å²) in [6.07, 6.45) is 71.5. The minimum Gasteiger partial charge on any atom is -0.462 e. The Hall–Kier alpha value is -3.48. The van der Waals surface area contributed by atoms with Crippen molar-refractivity contribution < 1.29 is 24.5 Å². The number of aliphatic hydroxyl groups excluding tert-OH is 2. The third-order valence-electron chi connectivity index (χ3n) is 11.6. The lowest BCUT2D eigenvalue weighted by molar-refractivity contribution is -0.151. The molecule has 0 fully saturated rings. The molecule has 0 heterocycles. The number of unbranched alkanes of at least 4 members (excludes halogenated alkanes) is 17. The zero-order valence-electron chi connectivity index (χ0n) is 42.8. The van der Waals surface area contributed by atoms with E-state index in [-0.39, 0.29) is 24.9 Å². The molecule has 0 rings (SSSR count). The second-order valence-corrected chi connectivity index (χ2v) is 17.9. The van der Waals surface area contributed by atoms with Crippen molar-refractivity contribution in [1.29, 1.82) is 0 Å². The lowest BCUT2D eigenvalue weighted by atomic mass is 10.0. The van der Waals surface area contributed by atoms with E-state index in [4.69, 9.17) is 4.74 Å². The van der Waals surface area contributed by atoms with Gasteiger partial charge in [-0.05, 0) is 103 Å². The summed E-state index contributed by atoms with van der Waals surface area (Å²) >= 11 is 0. The highest BCUT2D eigenvalue weighted by atomic mass is 16.5. The fraction of sp³-hybridized carbons (Fsp3) is 0.667. The van der Waals surface area contributed by atoms with Crippen molar-refractivity contribution >= 4 is 11.9 Å². The summed E-state index contributed by atoms with van der Waals surface area (Å²) in [5.74, 6) is -0.605. The van der Waals surface area contributed by atoms with Gasteiger partial charge in [0.1, 0.15) is 6.10 Å². The molecular formula is C60H101NO5. The van der Waals surface area contributed by atoms with Gasteiger partial charge in [0.2, 0.25) is 5.91 Å². The summed E-state index contributed by atoms with van der Waals surface area (Å²) in [5, 5.41) is 23.8. The number of amides is 1. The number of carbonyl (C=O) groups excluding carboxylic acids is 2. The van der Waals surface area contributed by atoms with E-state index >= 15 is 0 Å². The Morgan fingerprint density at radius 1 is 0.455 bits per heavy atom. The number of ether oxygens (including phenoxy) is 1. The minimum absolute atomic E-state index is 0.0105. The van der Waals surface area contributed by atoms with E-state index in [0.29, 0.717) is 25.7 Å². The van der Waals surface area contributed by atoms with Gasteiger partial charge >= 0.3 is 5.97 Å². The smallest absolute Gasteiger partial charge is 0.306 e. The second-order valence-electron chi connectivity index (χ2n) is 17.9. The van der Waals surface area contributed by atoms with Crippen LogP contribution in [0.15, 0.2) is 109 Å². The van der Waals surface area contributed by atoms with Gasteiger partial charge in [-0.25, -0.2) is 0 Å². The number of nitrogens with one attached hydrogen (secondary N) is 1. The van der Waals surface area contributed by atoms with Gasteiger partial charge in [0.15, 0.2) is 0 Å². The lowest BCUT2D eigenvalue weighted by Crippen LogP contribution is -2.46. The minimum atomic E-state index is -0.819. The molecule has 0 saturated carbocycles. The monoisotopic (exact) mass is 916 g/mol.